The van der Waals surface area contributed by atoms with E-state index in [1.807, 2.05) is 72.8 Å². The summed E-state index contributed by atoms with van der Waals surface area (Å²) in [6.07, 6.45) is 0. The fourth-order valence-electron chi connectivity index (χ4n) is 3.80. The number of hydrogen-bond acceptors (Lipinski definition) is 2. The van der Waals surface area contributed by atoms with E-state index in [0.29, 0.717) is 36.4 Å². The van der Waals surface area contributed by atoms with Crippen molar-refractivity contribution in [1.29, 1.82) is 0 Å². The van der Waals surface area contributed by atoms with Crippen LogP contribution in [0, 0.1) is 0 Å². The Morgan fingerprint density at radius 2 is 0.778 bits per heavy atom. The summed E-state index contributed by atoms with van der Waals surface area (Å²) in [6, 6.07) is 40.9. The molecule has 36 heavy (non-hydrogen) atoms. The lowest BCUT2D eigenvalue weighted by Crippen LogP contribution is -2.43. The molecule has 4 rings (SSSR count). The van der Waals surface area contributed by atoms with Crippen LogP contribution in [0.1, 0.15) is 11.1 Å². The molecule has 0 aliphatic heterocycles. The summed E-state index contributed by atoms with van der Waals surface area (Å²) < 4.78 is 0. The van der Waals surface area contributed by atoms with E-state index < -0.39 is 0 Å². The van der Waals surface area contributed by atoms with E-state index in [1.54, 1.807) is 0 Å². The monoisotopic (exact) mass is 510 g/mol. The Kier molecular flexibility index (Phi) is 9.42. The van der Waals surface area contributed by atoms with Crippen LogP contribution in [0.15, 0.2) is 121 Å². The molecule has 0 radical (unpaired) electrons. The van der Waals surface area contributed by atoms with Gasteiger partial charge in [0.25, 0.3) is 0 Å². The standard InChI is InChI=1S/C30H30N4S2/c35-29(31-27-17-9-3-10-18-27)33(23-25-13-5-1-6-14-25)21-22-34(24-26-15-7-2-8-16-26)30(36)32-28-19-11-4-12-20-28/h1-20H,21-24H2,(H,31,35)(H,32,36). The van der Waals surface area contributed by atoms with Crippen LogP contribution in [0.3, 0.4) is 0 Å². The van der Waals surface area contributed by atoms with E-state index in [0.717, 1.165) is 11.4 Å². The van der Waals surface area contributed by atoms with E-state index >= 15 is 0 Å². The van der Waals surface area contributed by atoms with E-state index in [4.69, 9.17) is 24.4 Å². The van der Waals surface area contributed by atoms with Crippen molar-refractivity contribution in [1.82, 2.24) is 9.80 Å². The Morgan fingerprint density at radius 1 is 0.472 bits per heavy atom. The van der Waals surface area contributed by atoms with Gasteiger partial charge in [0.15, 0.2) is 10.2 Å². The molecular weight excluding hydrogens is 480 g/mol. The van der Waals surface area contributed by atoms with E-state index in [9.17, 15) is 0 Å². The number of nitrogens with zero attached hydrogens (tertiary/aromatic N) is 2. The number of thiocarbonyl (C=S) groups is 2. The predicted octanol–water partition coefficient (Wildman–Crippen LogP) is 6.78. The molecule has 0 spiro atoms. The molecule has 182 valence electrons. The van der Waals surface area contributed by atoms with Gasteiger partial charge in [-0.15, -0.1) is 0 Å². The second-order valence-electron chi connectivity index (χ2n) is 8.41. The first-order chi connectivity index (χ1) is 17.7. The molecule has 4 nitrogen and oxygen atoms in total. The van der Waals surface area contributed by atoms with Crippen LogP contribution < -0.4 is 10.6 Å². The fourth-order valence-corrected chi connectivity index (χ4v) is 4.35. The molecule has 4 aromatic rings. The van der Waals surface area contributed by atoms with Gasteiger partial charge in [0.05, 0.1) is 0 Å². The van der Waals surface area contributed by atoms with Gasteiger partial charge in [0, 0.05) is 37.6 Å². The van der Waals surface area contributed by atoms with Crippen molar-refractivity contribution in [2.75, 3.05) is 23.7 Å². The van der Waals surface area contributed by atoms with Crippen LogP contribution in [0.2, 0.25) is 0 Å². The van der Waals surface area contributed by atoms with Crippen molar-refractivity contribution < 1.29 is 0 Å². The molecule has 0 saturated carbocycles. The zero-order valence-corrected chi connectivity index (χ0v) is 21.7. The Bertz CT molecular complexity index is 1120. The molecule has 0 unspecified atom stereocenters. The number of benzene rings is 4. The molecular formula is C30H30N4S2. The molecule has 0 aromatic heterocycles. The number of para-hydroxylation sites is 2. The van der Waals surface area contributed by atoms with Crippen LogP contribution in [-0.2, 0) is 13.1 Å². The highest BCUT2D eigenvalue weighted by atomic mass is 32.1. The number of hydrogen-bond donors (Lipinski definition) is 2. The van der Waals surface area contributed by atoms with Crippen molar-refractivity contribution >= 4 is 46.0 Å². The van der Waals surface area contributed by atoms with Gasteiger partial charge in [-0.25, -0.2) is 0 Å². The normalized spacial score (nSPS) is 10.3. The maximum Gasteiger partial charge on any atom is 0.173 e. The molecule has 0 atom stereocenters. The SMILES string of the molecule is S=C(Nc1ccccc1)N(CCN(Cc1ccccc1)C(=S)Nc1ccccc1)Cc1ccccc1. The van der Waals surface area contributed by atoms with Gasteiger partial charge >= 0.3 is 0 Å². The molecule has 0 bridgehead atoms. The van der Waals surface area contributed by atoms with Crippen molar-refractivity contribution in [2.24, 2.45) is 0 Å². The Labute approximate surface area is 224 Å². The minimum atomic E-state index is 0.687. The lowest BCUT2D eigenvalue weighted by atomic mass is 10.2. The molecule has 4 aromatic carbocycles. The third-order valence-electron chi connectivity index (χ3n) is 5.70. The summed E-state index contributed by atoms with van der Waals surface area (Å²) in [4.78, 5) is 4.39. The average Bonchev–Trinajstić information content (AvgIpc) is 2.92. The lowest BCUT2D eigenvalue weighted by molar-refractivity contribution is 0.335. The molecule has 0 aliphatic rings. The van der Waals surface area contributed by atoms with Crippen molar-refractivity contribution in [3.8, 4) is 0 Å². The first-order valence-corrected chi connectivity index (χ1v) is 12.8. The highest BCUT2D eigenvalue weighted by Gasteiger charge is 2.16. The number of rotatable bonds is 9. The summed E-state index contributed by atoms with van der Waals surface area (Å²) in [5.74, 6) is 0. The molecule has 0 heterocycles. The predicted molar refractivity (Wildman–Crippen MR) is 159 cm³/mol. The molecule has 0 fully saturated rings. The minimum Gasteiger partial charge on any atom is -0.343 e. The second kappa shape index (κ2) is 13.4. The first-order valence-electron chi connectivity index (χ1n) is 12.0. The van der Waals surface area contributed by atoms with Gasteiger partial charge in [0.2, 0.25) is 0 Å². The van der Waals surface area contributed by atoms with Gasteiger partial charge in [-0.2, -0.15) is 0 Å². The number of nitrogens with one attached hydrogen (secondary N) is 2. The summed E-state index contributed by atoms with van der Waals surface area (Å²) in [5.41, 5.74) is 4.36. The van der Waals surface area contributed by atoms with E-state index in [2.05, 4.69) is 69.0 Å². The van der Waals surface area contributed by atoms with Crippen molar-refractivity contribution in [2.45, 2.75) is 13.1 Å². The zero-order valence-electron chi connectivity index (χ0n) is 20.1. The van der Waals surface area contributed by atoms with Crippen LogP contribution in [0.5, 0.6) is 0 Å². The van der Waals surface area contributed by atoms with Crippen molar-refractivity contribution in [3.05, 3.63) is 132 Å². The minimum absolute atomic E-state index is 0.687. The highest BCUT2D eigenvalue weighted by molar-refractivity contribution is 7.80. The van der Waals surface area contributed by atoms with Crippen LogP contribution in [0.25, 0.3) is 0 Å². The molecule has 0 aliphatic carbocycles. The van der Waals surface area contributed by atoms with Gasteiger partial charge < -0.3 is 20.4 Å². The quantitative estimate of drug-likeness (QED) is 0.241. The summed E-state index contributed by atoms with van der Waals surface area (Å²) in [6.45, 7) is 2.82. The van der Waals surface area contributed by atoms with Crippen LogP contribution in [0.4, 0.5) is 11.4 Å². The van der Waals surface area contributed by atoms with Crippen LogP contribution >= 0.6 is 24.4 Å². The van der Waals surface area contributed by atoms with E-state index in [-0.39, 0.29) is 0 Å². The van der Waals surface area contributed by atoms with Gasteiger partial charge in [-0.1, -0.05) is 97.1 Å². The highest BCUT2D eigenvalue weighted by Crippen LogP contribution is 2.13. The second-order valence-corrected chi connectivity index (χ2v) is 9.18. The third kappa shape index (κ3) is 7.90. The molecule has 0 amide bonds. The van der Waals surface area contributed by atoms with Gasteiger partial charge in [-0.3, -0.25) is 0 Å². The van der Waals surface area contributed by atoms with Crippen molar-refractivity contribution in [3.63, 3.8) is 0 Å². The van der Waals surface area contributed by atoms with E-state index in [1.165, 1.54) is 11.1 Å². The maximum absolute atomic E-state index is 5.86. The van der Waals surface area contributed by atoms with Crippen LogP contribution in [-0.4, -0.2) is 33.1 Å². The number of anilines is 2. The smallest absolute Gasteiger partial charge is 0.173 e. The summed E-state index contributed by atoms with van der Waals surface area (Å²) >= 11 is 11.7. The largest absolute Gasteiger partial charge is 0.343 e. The first kappa shape index (κ1) is 25.4. The topological polar surface area (TPSA) is 30.5 Å². The average molecular weight is 511 g/mol. The Hall–Kier alpha value is -3.74. The van der Waals surface area contributed by atoms with Gasteiger partial charge in [-0.05, 0) is 59.8 Å². The Morgan fingerprint density at radius 3 is 1.11 bits per heavy atom. The molecule has 0 saturated heterocycles. The lowest BCUT2D eigenvalue weighted by Gasteiger charge is -2.31. The van der Waals surface area contributed by atoms with Gasteiger partial charge in [0.1, 0.15) is 0 Å². The molecule has 6 heteroatoms. The molecule has 2 N–H and O–H groups in total. The Balaban J connectivity index is 1.50. The zero-order chi connectivity index (χ0) is 25.0. The maximum atomic E-state index is 5.86. The summed E-state index contributed by atoms with van der Waals surface area (Å²) in [7, 11) is 0. The fraction of sp³-hybridized carbons (Fsp3) is 0.133. The third-order valence-corrected chi connectivity index (χ3v) is 6.42. The summed E-state index contributed by atoms with van der Waals surface area (Å²) in [5, 5.41) is 8.16.